The van der Waals surface area contributed by atoms with Gasteiger partial charge in [-0.3, -0.25) is 4.79 Å². The molecule has 0 aromatic heterocycles. The van der Waals surface area contributed by atoms with Gasteiger partial charge >= 0.3 is 0 Å². The minimum atomic E-state index is -0.699. The lowest BCUT2D eigenvalue weighted by atomic mass is 9.84. The van der Waals surface area contributed by atoms with E-state index in [4.69, 9.17) is 9.47 Å². The van der Waals surface area contributed by atoms with Crippen LogP contribution < -0.4 is 14.8 Å². The quantitative estimate of drug-likeness (QED) is 0.664. The van der Waals surface area contributed by atoms with Gasteiger partial charge in [0, 0.05) is 24.1 Å². The Hall–Kier alpha value is -2.27. The fourth-order valence-electron chi connectivity index (χ4n) is 4.09. The summed E-state index contributed by atoms with van der Waals surface area (Å²) in [6.07, 6.45) is 7.98. The molecule has 0 spiro atoms. The third-order valence-corrected chi connectivity index (χ3v) is 6.00. The number of carbonyl (C=O) groups excluding carboxylic acids is 1. The highest BCUT2D eigenvalue weighted by Crippen LogP contribution is 2.45. The molecule has 29 heavy (non-hydrogen) atoms. The smallest absolute Gasteiger partial charge is 0.252 e. The minimum Gasteiger partial charge on any atom is -0.496 e. The lowest BCUT2D eigenvalue weighted by Crippen LogP contribution is -2.49. The number of allylic oxidation sites excluding steroid dienone is 4. The van der Waals surface area contributed by atoms with Crippen LogP contribution >= 0.6 is 0 Å². The molecular weight excluding hydrogens is 366 g/mol. The fraction of sp³-hybridized carbons (Fsp3) is 0.542. The van der Waals surface area contributed by atoms with Crippen molar-refractivity contribution in [3.63, 3.8) is 0 Å². The van der Waals surface area contributed by atoms with Crippen molar-refractivity contribution in [2.75, 3.05) is 7.11 Å². The maximum Gasteiger partial charge on any atom is 0.252 e. The van der Waals surface area contributed by atoms with E-state index in [-0.39, 0.29) is 5.91 Å². The second-order valence-electron chi connectivity index (χ2n) is 8.64. The largest absolute Gasteiger partial charge is 0.496 e. The van der Waals surface area contributed by atoms with Gasteiger partial charge < -0.3 is 19.9 Å². The highest BCUT2D eigenvalue weighted by Gasteiger charge is 2.43. The van der Waals surface area contributed by atoms with Gasteiger partial charge in [0.05, 0.1) is 18.8 Å². The van der Waals surface area contributed by atoms with E-state index in [1.165, 1.54) is 11.1 Å². The molecule has 0 bridgehead atoms. The number of hydrogen-bond donors (Lipinski definition) is 2. The van der Waals surface area contributed by atoms with Gasteiger partial charge in [-0.2, -0.15) is 0 Å². The lowest BCUT2D eigenvalue weighted by molar-refractivity contribution is -0.0598. The Labute approximate surface area is 173 Å². The molecule has 2 atom stereocenters. The minimum absolute atomic E-state index is 0.104. The first-order valence-corrected chi connectivity index (χ1v) is 10.4. The molecule has 2 heterocycles. The summed E-state index contributed by atoms with van der Waals surface area (Å²) >= 11 is 0. The summed E-state index contributed by atoms with van der Waals surface area (Å²) in [5.74, 6) is 1.20. The van der Waals surface area contributed by atoms with Gasteiger partial charge in [0.25, 0.3) is 5.91 Å². The standard InChI is InChI=1S/C24H33NO4/c1-15(2)8-6-9-16(3)10-7-11-24(4)21(26)13-18-20(28-5)12-17-19(22(18)29-24)14-25-23(17)27/h8,10,12,21,26H,6-7,9,11,13-14H2,1-5H3,(H,25,27)/b16-10+/t21-,24+/m1/s1. The van der Waals surface area contributed by atoms with Gasteiger partial charge in [-0.1, -0.05) is 23.3 Å². The normalized spacial score (nSPS) is 23.0. The zero-order valence-corrected chi connectivity index (χ0v) is 18.2. The number of fused-ring (bicyclic) bond motifs is 3. The van der Waals surface area contributed by atoms with Crippen molar-refractivity contribution in [1.82, 2.24) is 5.32 Å². The Morgan fingerprint density at radius 2 is 2.07 bits per heavy atom. The van der Waals surface area contributed by atoms with Crippen LogP contribution in [0.2, 0.25) is 0 Å². The van der Waals surface area contributed by atoms with Gasteiger partial charge in [0.2, 0.25) is 0 Å². The number of ether oxygens (including phenoxy) is 2. The summed E-state index contributed by atoms with van der Waals surface area (Å²) < 4.78 is 11.9. The Morgan fingerprint density at radius 1 is 1.31 bits per heavy atom. The Kier molecular flexibility index (Phi) is 6.37. The zero-order valence-electron chi connectivity index (χ0n) is 18.2. The molecule has 3 rings (SSSR count). The molecular formula is C24H33NO4. The van der Waals surface area contributed by atoms with Crippen LogP contribution in [0.5, 0.6) is 11.5 Å². The second-order valence-corrected chi connectivity index (χ2v) is 8.64. The lowest BCUT2D eigenvalue weighted by Gasteiger charge is -2.41. The van der Waals surface area contributed by atoms with Crippen LogP contribution in [0.3, 0.4) is 0 Å². The predicted molar refractivity (Wildman–Crippen MR) is 115 cm³/mol. The van der Waals surface area contributed by atoms with Crippen LogP contribution in [0.25, 0.3) is 0 Å². The van der Waals surface area contributed by atoms with Crippen LogP contribution in [-0.4, -0.2) is 29.8 Å². The van der Waals surface area contributed by atoms with E-state index in [0.717, 1.165) is 30.4 Å². The third kappa shape index (κ3) is 4.50. The van der Waals surface area contributed by atoms with Gasteiger partial charge in [-0.15, -0.1) is 0 Å². The van der Waals surface area contributed by atoms with E-state index >= 15 is 0 Å². The number of amides is 1. The van der Waals surface area contributed by atoms with Crippen molar-refractivity contribution < 1.29 is 19.4 Å². The summed E-state index contributed by atoms with van der Waals surface area (Å²) in [6.45, 7) is 8.81. The molecule has 0 saturated carbocycles. The molecule has 0 radical (unpaired) electrons. The molecule has 5 nitrogen and oxygen atoms in total. The molecule has 0 saturated heterocycles. The Balaban J connectivity index is 1.76. The van der Waals surface area contributed by atoms with E-state index in [0.29, 0.717) is 36.4 Å². The number of aliphatic hydroxyl groups is 1. The summed E-state index contributed by atoms with van der Waals surface area (Å²) in [7, 11) is 1.58. The van der Waals surface area contributed by atoms with Gasteiger partial charge in [0.1, 0.15) is 17.1 Å². The van der Waals surface area contributed by atoms with E-state index in [2.05, 4.69) is 38.2 Å². The van der Waals surface area contributed by atoms with E-state index in [1.54, 1.807) is 13.2 Å². The fourth-order valence-corrected chi connectivity index (χ4v) is 4.09. The summed E-state index contributed by atoms with van der Waals surface area (Å²) in [4.78, 5) is 12.1. The third-order valence-electron chi connectivity index (χ3n) is 6.00. The molecule has 158 valence electrons. The molecule has 2 aliphatic heterocycles. The SMILES string of the molecule is COc1cc2c(c3c1C[C@@H](O)[C@](C)(CC/C=C(\C)CCC=C(C)C)O3)CNC2=O. The van der Waals surface area contributed by atoms with Crippen LogP contribution in [-0.2, 0) is 13.0 Å². The molecule has 1 aromatic carbocycles. The number of methoxy groups -OCH3 is 1. The molecule has 1 amide bonds. The predicted octanol–water partition coefficient (Wildman–Crippen LogP) is 4.47. The number of benzene rings is 1. The van der Waals surface area contributed by atoms with Crippen molar-refractivity contribution in [3.05, 3.63) is 46.1 Å². The van der Waals surface area contributed by atoms with E-state index < -0.39 is 11.7 Å². The molecule has 2 N–H and O–H groups in total. The van der Waals surface area contributed by atoms with Crippen molar-refractivity contribution in [2.24, 2.45) is 0 Å². The number of hydrogen-bond acceptors (Lipinski definition) is 4. The summed E-state index contributed by atoms with van der Waals surface area (Å²) in [5, 5.41) is 13.7. The molecule has 5 heteroatoms. The molecule has 0 unspecified atom stereocenters. The topological polar surface area (TPSA) is 67.8 Å². The maximum atomic E-state index is 12.1. The monoisotopic (exact) mass is 399 g/mol. The molecule has 2 aliphatic rings. The van der Waals surface area contributed by atoms with Crippen molar-refractivity contribution in [2.45, 2.75) is 78.0 Å². The Morgan fingerprint density at radius 3 is 2.76 bits per heavy atom. The Bertz CT molecular complexity index is 851. The number of rotatable bonds is 7. The molecule has 0 aliphatic carbocycles. The van der Waals surface area contributed by atoms with Crippen molar-refractivity contribution in [1.29, 1.82) is 0 Å². The van der Waals surface area contributed by atoms with E-state index in [1.807, 2.05) is 6.92 Å². The van der Waals surface area contributed by atoms with Gasteiger partial charge in [-0.05, 0) is 59.4 Å². The van der Waals surface area contributed by atoms with Crippen LogP contribution in [0.15, 0.2) is 29.4 Å². The highest BCUT2D eigenvalue weighted by molar-refractivity contribution is 6.00. The first kappa shape index (κ1) is 21.4. The molecule has 0 fully saturated rings. The van der Waals surface area contributed by atoms with Crippen LogP contribution in [0.1, 0.15) is 74.9 Å². The van der Waals surface area contributed by atoms with Gasteiger partial charge in [0.15, 0.2) is 0 Å². The zero-order chi connectivity index (χ0) is 21.2. The second kappa shape index (κ2) is 8.62. The van der Waals surface area contributed by atoms with Crippen LogP contribution in [0.4, 0.5) is 0 Å². The van der Waals surface area contributed by atoms with E-state index in [9.17, 15) is 9.90 Å². The number of nitrogens with one attached hydrogen (secondary N) is 1. The number of aliphatic hydroxyl groups excluding tert-OH is 1. The number of carbonyl (C=O) groups is 1. The average molecular weight is 400 g/mol. The van der Waals surface area contributed by atoms with Crippen molar-refractivity contribution >= 4 is 5.91 Å². The van der Waals surface area contributed by atoms with Gasteiger partial charge in [-0.25, -0.2) is 0 Å². The maximum absolute atomic E-state index is 12.1. The summed E-state index contributed by atoms with van der Waals surface area (Å²) in [6, 6.07) is 1.76. The first-order valence-electron chi connectivity index (χ1n) is 10.4. The van der Waals surface area contributed by atoms with Crippen LogP contribution in [0, 0.1) is 0 Å². The first-order chi connectivity index (χ1) is 13.7. The summed E-state index contributed by atoms with van der Waals surface area (Å²) in [5.41, 5.74) is 4.33. The highest BCUT2D eigenvalue weighted by atomic mass is 16.5. The average Bonchev–Trinajstić information content (AvgIpc) is 3.03. The van der Waals surface area contributed by atoms with Crippen molar-refractivity contribution in [3.8, 4) is 11.5 Å². The molecule has 1 aromatic rings.